The summed E-state index contributed by atoms with van der Waals surface area (Å²) in [7, 11) is 0. The number of nitrogens with two attached hydrogens (primary N) is 2. The minimum Gasteiger partial charge on any atom is -0.394 e. The molecule has 0 amide bonds. The van der Waals surface area contributed by atoms with Crippen molar-refractivity contribution < 1.29 is 5.11 Å². The van der Waals surface area contributed by atoms with Crippen molar-refractivity contribution in [1.29, 1.82) is 0 Å². The summed E-state index contributed by atoms with van der Waals surface area (Å²) in [6.07, 6.45) is 1.78. The molecule has 0 aliphatic carbocycles. The highest BCUT2D eigenvalue weighted by Crippen LogP contribution is 2.20. The molecule has 1 aromatic rings. The van der Waals surface area contributed by atoms with E-state index in [2.05, 4.69) is 5.10 Å². The van der Waals surface area contributed by atoms with Gasteiger partial charge in [-0.1, -0.05) is 0 Å². The molecular formula is C8H16N4O. The van der Waals surface area contributed by atoms with E-state index in [9.17, 15) is 0 Å². The van der Waals surface area contributed by atoms with Crippen LogP contribution in [0.3, 0.4) is 0 Å². The largest absolute Gasteiger partial charge is 0.394 e. The molecule has 0 spiro atoms. The van der Waals surface area contributed by atoms with Crippen molar-refractivity contribution >= 4 is 11.5 Å². The van der Waals surface area contributed by atoms with Crippen LogP contribution in [0.25, 0.3) is 0 Å². The highest BCUT2D eigenvalue weighted by atomic mass is 16.3. The number of nitrogen functional groups attached to an aromatic ring is 2. The lowest BCUT2D eigenvalue weighted by atomic mass is 10.1. The van der Waals surface area contributed by atoms with Gasteiger partial charge in [-0.15, -0.1) is 0 Å². The Labute approximate surface area is 77.3 Å². The van der Waals surface area contributed by atoms with E-state index in [0.717, 1.165) is 0 Å². The number of rotatable bonds is 3. The third-order valence-electron chi connectivity index (χ3n) is 1.96. The van der Waals surface area contributed by atoms with Gasteiger partial charge in [-0.05, 0) is 20.3 Å². The van der Waals surface area contributed by atoms with Crippen LogP contribution < -0.4 is 11.5 Å². The summed E-state index contributed by atoms with van der Waals surface area (Å²) in [6, 6.07) is 0.0669. The minimum atomic E-state index is -0.361. The molecule has 2 atom stereocenters. The lowest BCUT2D eigenvalue weighted by molar-refractivity contribution is 0.163. The van der Waals surface area contributed by atoms with Gasteiger partial charge >= 0.3 is 0 Å². The molecule has 0 aromatic carbocycles. The molecule has 13 heavy (non-hydrogen) atoms. The van der Waals surface area contributed by atoms with Crippen LogP contribution in [0.2, 0.25) is 0 Å². The minimum absolute atomic E-state index is 0.0669. The molecule has 0 saturated heterocycles. The lowest BCUT2D eigenvalue weighted by Gasteiger charge is -2.15. The van der Waals surface area contributed by atoms with Gasteiger partial charge in [0.05, 0.1) is 24.0 Å². The van der Waals surface area contributed by atoms with Crippen LogP contribution in [0.4, 0.5) is 11.5 Å². The molecule has 0 aliphatic heterocycles. The van der Waals surface area contributed by atoms with Gasteiger partial charge in [-0.25, -0.2) is 4.68 Å². The Morgan fingerprint density at radius 3 is 2.54 bits per heavy atom. The van der Waals surface area contributed by atoms with E-state index in [-0.39, 0.29) is 12.1 Å². The Morgan fingerprint density at radius 1 is 1.54 bits per heavy atom. The molecule has 2 unspecified atom stereocenters. The topological polar surface area (TPSA) is 90.1 Å². The van der Waals surface area contributed by atoms with Crippen molar-refractivity contribution in [2.45, 2.75) is 32.4 Å². The first-order valence-corrected chi connectivity index (χ1v) is 4.29. The zero-order valence-electron chi connectivity index (χ0n) is 7.94. The predicted octanol–water partition coefficient (Wildman–Crippen LogP) is 0.379. The second-order valence-corrected chi connectivity index (χ2v) is 3.36. The van der Waals surface area contributed by atoms with Gasteiger partial charge in [0, 0.05) is 0 Å². The second-order valence-electron chi connectivity index (χ2n) is 3.36. The number of aliphatic hydroxyl groups excluding tert-OH is 1. The van der Waals surface area contributed by atoms with E-state index in [1.54, 1.807) is 11.6 Å². The Kier molecular flexibility index (Phi) is 2.77. The Morgan fingerprint density at radius 2 is 2.15 bits per heavy atom. The first-order valence-electron chi connectivity index (χ1n) is 4.29. The molecule has 0 bridgehead atoms. The Balaban J connectivity index is 2.76. The van der Waals surface area contributed by atoms with Crippen molar-refractivity contribution in [2.75, 3.05) is 11.5 Å². The van der Waals surface area contributed by atoms with Crippen LogP contribution in [0.5, 0.6) is 0 Å². The maximum Gasteiger partial charge on any atom is 0.145 e. The normalized spacial score (nSPS) is 15.6. The SMILES string of the molecule is CC(O)CC(C)n1ncc(N)c1N. The van der Waals surface area contributed by atoms with Crippen molar-refractivity contribution in [3.8, 4) is 0 Å². The molecule has 1 heterocycles. The Bertz CT molecular complexity index is 282. The molecule has 5 nitrogen and oxygen atoms in total. The maximum absolute atomic E-state index is 9.17. The molecule has 0 aliphatic rings. The molecular weight excluding hydrogens is 168 g/mol. The first kappa shape index (κ1) is 9.85. The zero-order valence-corrected chi connectivity index (χ0v) is 7.94. The van der Waals surface area contributed by atoms with Crippen molar-refractivity contribution in [3.63, 3.8) is 0 Å². The van der Waals surface area contributed by atoms with E-state index < -0.39 is 0 Å². The average molecular weight is 184 g/mol. The van der Waals surface area contributed by atoms with Crippen LogP contribution in [0.15, 0.2) is 6.20 Å². The number of aromatic nitrogens is 2. The molecule has 74 valence electrons. The van der Waals surface area contributed by atoms with Crippen LogP contribution in [0, 0.1) is 0 Å². The smallest absolute Gasteiger partial charge is 0.145 e. The predicted molar refractivity (Wildman–Crippen MR) is 52.1 cm³/mol. The second kappa shape index (κ2) is 3.66. The molecule has 5 heteroatoms. The van der Waals surface area contributed by atoms with Crippen LogP contribution >= 0.6 is 0 Å². The third kappa shape index (κ3) is 2.12. The fourth-order valence-electron chi connectivity index (χ4n) is 1.33. The zero-order chi connectivity index (χ0) is 10.0. The summed E-state index contributed by atoms with van der Waals surface area (Å²) < 4.78 is 1.63. The van der Waals surface area contributed by atoms with Crippen LogP contribution in [-0.4, -0.2) is 21.0 Å². The van der Waals surface area contributed by atoms with Gasteiger partial charge in [-0.2, -0.15) is 5.10 Å². The van der Waals surface area contributed by atoms with Gasteiger partial charge in [0.2, 0.25) is 0 Å². The Hall–Kier alpha value is -1.23. The molecule has 0 saturated carbocycles. The summed E-state index contributed by atoms with van der Waals surface area (Å²) in [5, 5.41) is 13.2. The van der Waals surface area contributed by atoms with Crippen molar-refractivity contribution in [1.82, 2.24) is 9.78 Å². The number of hydrogen-bond donors (Lipinski definition) is 3. The fourth-order valence-corrected chi connectivity index (χ4v) is 1.33. The van der Waals surface area contributed by atoms with Crippen LogP contribution in [0.1, 0.15) is 26.3 Å². The van der Waals surface area contributed by atoms with E-state index >= 15 is 0 Å². The number of hydrogen-bond acceptors (Lipinski definition) is 4. The quantitative estimate of drug-likeness (QED) is 0.633. The number of anilines is 2. The average Bonchev–Trinajstić information content (AvgIpc) is 2.31. The fraction of sp³-hybridized carbons (Fsp3) is 0.625. The highest BCUT2D eigenvalue weighted by Gasteiger charge is 2.12. The molecule has 0 fully saturated rings. The van der Waals surface area contributed by atoms with E-state index in [4.69, 9.17) is 16.6 Å². The maximum atomic E-state index is 9.17. The lowest BCUT2D eigenvalue weighted by Crippen LogP contribution is -2.15. The number of nitrogens with zero attached hydrogens (tertiary/aromatic N) is 2. The third-order valence-corrected chi connectivity index (χ3v) is 1.96. The van der Waals surface area contributed by atoms with Crippen molar-refractivity contribution in [3.05, 3.63) is 6.20 Å². The summed E-state index contributed by atoms with van der Waals surface area (Å²) in [4.78, 5) is 0. The van der Waals surface area contributed by atoms with Crippen molar-refractivity contribution in [2.24, 2.45) is 0 Å². The molecule has 1 rings (SSSR count). The van der Waals surface area contributed by atoms with Crippen LogP contribution in [-0.2, 0) is 0 Å². The van der Waals surface area contributed by atoms with E-state index in [1.165, 1.54) is 6.20 Å². The molecule has 0 radical (unpaired) electrons. The highest BCUT2D eigenvalue weighted by molar-refractivity contribution is 5.57. The summed E-state index contributed by atoms with van der Waals surface area (Å²) in [5.41, 5.74) is 11.7. The monoisotopic (exact) mass is 184 g/mol. The first-order chi connectivity index (χ1) is 6.02. The summed E-state index contributed by atoms with van der Waals surface area (Å²) >= 11 is 0. The summed E-state index contributed by atoms with van der Waals surface area (Å²) in [5.74, 6) is 0.466. The standard InChI is InChI=1S/C8H16N4O/c1-5(3-6(2)13)12-8(10)7(9)4-11-12/h4-6,13H,3,9-10H2,1-2H3. The van der Waals surface area contributed by atoms with Gasteiger partial charge in [0.1, 0.15) is 5.82 Å². The number of aliphatic hydroxyl groups is 1. The van der Waals surface area contributed by atoms with Gasteiger partial charge in [0.15, 0.2) is 0 Å². The molecule has 5 N–H and O–H groups in total. The molecule has 1 aromatic heterocycles. The summed E-state index contributed by atoms with van der Waals surface area (Å²) in [6.45, 7) is 3.68. The van der Waals surface area contributed by atoms with Gasteiger partial charge < -0.3 is 16.6 Å². The van der Waals surface area contributed by atoms with Gasteiger partial charge in [-0.3, -0.25) is 0 Å². The van der Waals surface area contributed by atoms with E-state index in [0.29, 0.717) is 17.9 Å². The van der Waals surface area contributed by atoms with E-state index in [1.807, 2.05) is 6.92 Å². The van der Waals surface area contributed by atoms with Gasteiger partial charge in [0.25, 0.3) is 0 Å².